The van der Waals surface area contributed by atoms with Crippen LogP contribution in [0.25, 0.3) is 0 Å². The molecule has 146 valence electrons. The minimum absolute atomic E-state index is 0.0460. The molecule has 0 bridgehead atoms. The van der Waals surface area contributed by atoms with E-state index in [9.17, 15) is 16.8 Å². The van der Waals surface area contributed by atoms with Gasteiger partial charge in [0.2, 0.25) is 10.0 Å². The molecule has 1 saturated heterocycles. The lowest BCUT2D eigenvalue weighted by molar-refractivity contribution is 0.411. The van der Waals surface area contributed by atoms with Crippen LogP contribution in [0.5, 0.6) is 5.75 Å². The lowest BCUT2D eigenvalue weighted by Crippen LogP contribution is -2.25. The third-order valence-electron chi connectivity index (χ3n) is 4.24. The summed E-state index contributed by atoms with van der Waals surface area (Å²) in [6, 6.07) is 8.91. The number of hydrogen-bond acceptors (Lipinski definition) is 5. The molecular formula is C17H19ClN2O5S2. The van der Waals surface area contributed by atoms with E-state index >= 15 is 0 Å². The number of rotatable bonds is 5. The van der Waals surface area contributed by atoms with Crippen molar-refractivity contribution in [1.82, 2.24) is 0 Å². The summed E-state index contributed by atoms with van der Waals surface area (Å²) in [6.45, 7) is 2.06. The van der Waals surface area contributed by atoms with Crippen molar-refractivity contribution in [1.29, 1.82) is 0 Å². The first-order valence-corrected chi connectivity index (χ1v) is 11.6. The molecule has 0 aliphatic carbocycles. The van der Waals surface area contributed by atoms with Gasteiger partial charge >= 0.3 is 0 Å². The normalized spacial score (nSPS) is 16.3. The summed E-state index contributed by atoms with van der Waals surface area (Å²) in [6.07, 6.45) is 0.500. The summed E-state index contributed by atoms with van der Waals surface area (Å²) < 4.78 is 58.5. The van der Waals surface area contributed by atoms with E-state index in [1.54, 1.807) is 13.0 Å². The van der Waals surface area contributed by atoms with Crippen molar-refractivity contribution in [2.45, 2.75) is 18.2 Å². The highest BCUT2D eigenvalue weighted by atomic mass is 35.5. The first-order chi connectivity index (χ1) is 12.6. The van der Waals surface area contributed by atoms with Gasteiger partial charge in [0.05, 0.1) is 34.2 Å². The lowest BCUT2D eigenvalue weighted by Gasteiger charge is -2.19. The fourth-order valence-electron chi connectivity index (χ4n) is 2.91. The molecule has 1 aliphatic rings. The van der Waals surface area contributed by atoms with Gasteiger partial charge in [0.1, 0.15) is 5.75 Å². The fourth-order valence-corrected chi connectivity index (χ4v) is 5.89. The maximum absolute atomic E-state index is 12.7. The number of nitrogens with one attached hydrogen (secondary N) is 1. The summed E-state index contributed by atoms with van der Waals surface area (Å²) in [4.78, 5) is 0.0751. The number of sulfonamides is 2. The predicted molar refractivity (Wildman–Crippen MR) is 106 cm³/mol. The second kappa shape index (κ2) is 7.21. The zero-order chi connectivity index (χ0) is 19.8. The number of halogens is 1. The van der Waals surface area contributed by atoms with E-state index in [2.05, 4.69) is 4.72 Å². The van der Waals surface area contributed by atoms with Crippen LogP contribution in [0.4, 0.5) is 11.4 Å². The van der Waals surface area contributed by atoms with E-state index in [1.165, 1.54) is 41.7 Å². The molecule has 1 aliphatic heterocycles. The number of benzene rings is 2. The monoisotopic (exact) mass is 430 g/mol. The van der Waals surface area contributed by atoms with Crippen molar-refractivity contribution in [2.24, 2.45) is 0 Å². The maximum atomic E-state index is 12.7. The minimum atomic E-state index is -3.86. The van der Waals surface area contributed by atoms with Gasteiger partial charge < -0.3 is 4.74 Å². The van der Waals surface area contributed by atoms with Gasteiger partial charge in [-0.1, -0.05) is 11.6 Å². The standard InChI is InChI=1S/C17H19ClN2O5S2/c1-12-10-14(5-7-17(12)25-2)27(23,24)19-13-4-6-15(18)16(11-13)20-8-3-9-26(20,21)22/h4-7,10-11,19H,3,8-9H2,1-2H3. The van der Waals surface area contributed by atoms with Crippen LogP contribution < -0.4 is 13.8 Å². The molecule has 0 amide bonds. The molecule has 0 unspecified atom stereocenters. The Kier molecular flexibility index (Phi) is 5.29. The zero-order valence-corrected chi connectivity index (χ0v) is 17.2. The summed E-state index contributed by atoms with van der Waals surface area (Å²) in [5, 5.41) is 0.240. The van der Waals surface area contributed by atoms with Crippen LogP contribution in [0.2, 0.25) is 5.02 Å². The quantitative estimate of drug-likeness (QED) is 0.787. The van der Waals surface area contributed by atoms with Gasteiger partial charge in [-0.15, -0.1) is 0 Å². The van der Waals surface area contributed by atoms with Crippen LogP contribution in [0, 0.1) is 6.92 Å². The Balaban J connectivity index is 1.94. The summed E-state index contributed by atoms with van der Waals surface area (Å²) in [5.74, 6) is 0.631. The molecule has 0 aromatic heterocycles. The molecule has 10 heteroatoms. The SMILES string of the molecule is COc1ccc(S(=O)(=O)Nc2ccc(Cl)c(N3CCCS3(=O)=O)c2)cc1C. The fraction of sp³-hybridized carbons (Fsp3) is 0.294. The number of nitrogens with zero attached hydrogens (tertiary/aromatic N) is 1. The van der Waals surface area contributed by atoms with Crippen LogP contribution in [0.1, 0.15) is 12.0 Å². The van der Waals surface area contributed by atoms with Crippen LogP contribution in [-0.4, -0.2) is 36.2 Å². The molecule has 1 N–H and O–H groups in total. The van der Waals surface area contributed by atoms with Crippen LogP contribution in [0.15, 0.2) is 41.3 Å². The van der Waals surface area contributed by atoms with Crippen molar-refractivity contribution in [2.75, 3.05) is 28.4 Å². The second-order valence-corrected chi connectivity index (χ2v) is 10.2. The molecule has 0 radical (unpaired) electrons. The molecule has 1 fully saturated rings. The number of aryl methyl sites for hydroxylation is 1. The summed E-state index contributed by atoms with van der Waals surface area (Å²) in [5.41, 5.74) is 1.17. The van der Waals surface area contributed by atoms with Gasteiger partial charge in [0.25, 0.3) is 10.0 Å². The van der Waals surface area contributed by atoms with E-state index < -0.39 is 20.0 Å². The summed E-state index contributed by atoms with van der Waals surface area (Å²) >= 11 is 6.15. The van der Waals surface area contributed by atoms with E-state index in [-0.39, 0.29) is 27.0 Å². The van der Waals surface area contributed by atoms with Gasteiger partial charge in [0, 0.05) is 6.54 Å². The third kappa shape index (κ3) is 3.99. The second-order valence-electron chi connectivity index (χ2n) is 6.14. The number of methoxy groups -OCH3 is 1. The molecule has 0 spiro atoms. The molecule has 2 aromatic carbocycles. The van der Waals surface area contributed by atoms with Gasteiger partial charge in [-0.2, -0.15) is 0 Å². The minimum Gasteiger partial charge on any atom is -0.496 e. The Labute approximate surface area is 164 Å². The molecular weight excluding hydrogens is 412 g/mol. The highest BCUT2D eigenvalue weighted by molar-refractivity contribution is 7.93. The number of anilines is 2. The molecule has 7 nitrogen and oxygen atoms in total. The maximum Gasteiger partial charge on any atom is 0.261 e. The Morgan fingerprint density at radius 1 is 1.19 bits per heavy atom. The zero-order valence-electron chi connectivity index (χ0n) is 14.8. The third-order valence-corrected chi connectivity index (χ3v) is 7.80. The highest BCUT2D eigenvalue weighted by Gasteiger charge is 2.30. The van der Waals surface area contributed by atoms with Crippen molar-refractivity contribution in [3.05, 3.63) is 47.0 Å². The summed E-state index contributed by atoms with van der Waals surface area (Å²) in [7, 11) is -5.78. The Morgan fingerprint density at radius 2 is 1.93 bits per heavy atom. The van der Waals surface area contributed by atoms with E-state index in [4.69, 9.17) is 16.3 Å². The van der Waals surface area contributed by atoms with Crippen molar-refractivity contribution < 1.29 is 21.6 Å². The van der Waals surface area contributed by atoms with Crippen molar-refractivity contribution in [3.63, 3.8) is 0 Å². The molecule has 27 heavy (non-hydrogen) atoms. The molecule has 1 heterocycles. The van der Waals surface area contributed by atoms with Crippen LogP contribution in [-0.2, 0) is 20.0 Å². The van der Waals surface area contributed by atoms with Gasteiger partial charge in [-0.25, -0.2) is 16.8 Å². The lowest BCUT2D eigenvalue weighted by atomic mass is 10.2. The van der Waals surface area contributed by atoms with E-state index in [0.29, 0.717) is 24.3 Å². The van der Waals surface area contributed by atoms with Gasteiger partial charge in [0.15, 0.2) is 0 Å². The highest BCUT2D eigenvalue weighted by Crippen LogP contribution is 2.34. The molecule has 0 saturated carbocycles. The van der Waals surface area contributed by atoms with E-state index in [1.807, 2.05) is 0 Å². The number of ether oxygens (including phenoxy) is 1. The first kappa shape index (κ1) is 19.8. The Bertz CT molecular complexity index is 1080. The van der Waals surface area contributed by atoms with Crippen molar-refractivity contribution in [3.8, 4) is 5.75 Å². The number of hydrogen-bond donors (Lipinski definition) is 1. The first-order valence-electron chi connectivity index (χ1n) is 8.11. The van der Waals surface area contributed by atoms with E-state index in [0.717, 1.165) is 0 Å². The van der Waals surface area contributed by atoms with Crippen molar-refractivity contribution >= 4 is 43.0 Å². The smallest absolute Gasteiger partial charge is 0.261 e. The molecule has 3 rings (SSSR count). The Hall–Kier alpha value is -1.97. The molecule has 2 aromatic rings. The van der Waals surface area contributed by atoms with Gasteiger partial charge in [-0.3, -0.25) is 9.03 Å². The van der Waals surface area contributed by atoms with Crippen LogP contribution >= 0.6 is 11.6 Å². The molecule has 0 atom stereocenters. The average Bonchev–Trinajstić information content (AvgIpc) is 2.95. The Morgan fingerprint density at radius 3 is 2.52 bits per heavy atom. The topological polar surface area (TPSA) is 92.8 Å². The van der Waals surface area contributed by atoms with Crippen LogP contribution in [0.3, 0.4) is 0 Å². The largest absolute Gasteiger partial charge is 0.496 e. The van der Waals surface area contributed by atoms with Gasteiger partial charge in [-0.05, 0) is 55.3 Å². The average molecular weight is 431 g/mol. The predicted octanol–water partition coefficient (Wildman–Crippen LogP) is 3.00.